The molecule has 1 aromatic rings. The number of thiazole rings is 1. The fraction of sp³-hybridized carbons (Fsp3) is 0.667. The van der Waals surface area contributed by atoms with E-state index in [2.05, 4.69) is 10.3 Å². The Hall–Kier alpha value is -1.03. The third kappa shape index (κ3) is 3.25. The van der Waals surface area contributed by atoms with Crippen LogP contribution >= 0.6 is 11.3 Å². The number of nitrogens with zero attached hydrogens (tertiary/aromatic N) is 2. The molecule has 1 amide bonds. The monoisotopic (exact) mass is 331 g/mol. The van der Waals surface area contributed by atoms with E-state index in [-0.39, 0.29) is 5.91 Å². The molecule has 1 fully saturated rings. The van der Waals surface area contributed by atoms with Gasteiger partial charge in [0.05, 0.1) is 11.9 Å². The molecule has 0 unspecified atom stereocenters. The Kier molecular flexibility index (Phi) is 4.00. The zero-order valence-electron chi connectivity index (χ0n) is 11.7. The molecule has 116 valence electrons. The summed E-state index contributed by atoms with van der Waals surface area (Å²) in [4.78, 5) is 17.3. The van der Waals surface area contributed by atoms with Gasteiger partial charge in [0.15, 0.2) is 5.13 Å². The maximum atomic E-state index is 12.0. The average Bonchev–Trinajstić information content (AvgIpc) is 3.05. The molecule has 1 saturated heterocycles. The van der Waals surface area contributed by atoms with Crippen molar-refractivity contribution < 1.29 is 17.9 Å². The number of carbonyl (C=O) groups is 1. The molecule has 0 saturated carbocycles. The third-order valence-corrected chi connectivity index (χ3v) is 5.87. The standard InChI is InChI=1S/C12H17N3O4S2/c1-21(17,18)15-5-4-8-10(7-15)20-12(13-8)14-11(16)9-3-2-6-19-9/h9H,2-7H2,1H3,(H,13,14,16)/t9-/m1/s1. The lowest BCUT2D eigenvalue weighted by molar-refractivity contribution is -0.124. The second kappa shape index (κ2) is 5.64. The van der Waals surface area contributed by atoms with Gasteiger partial charge in [-0.15, -0.1) is 11.3 Å². The van der Waals surface area contributed by atoms with Gasteiger partial charge in [0.1, 0.15) is 6.10 Å². The Morgan fingerprint density at radius 2 is 2.33 bits per heavy atom. The zero-order valence-corrected chi connectivity index (χ0v) is 13.3. The number of sulfonamides is 1. The van der Waals surface area contributed by atoms with Gasteiger partial charge >= 0.3 is 0 Å². The van der Waals surface area contributed by atoms with Crippen LogP contribution in [0.25, 0.3) is 0 Å². The minimum Gasteiger partial charge on any atom is -0.368 e. The molecule has 1 N–H and O–H groups in total. The van der Waals surface area contributed by atoms with Crippen molar-refractivity contribution in [2.45, 2.75) is 31.9 Å². The number of nitrogens with one attached hydrogen (secondary N) is 1. The average molecular weight is 331 g/mol. The van der Waals surface area contributed by atoms with Crippen LogP contribution in [0.4, 0.5) is 5.13 Å². The number of fused-ring (bicyclic) bond motifs is 1. The van der Waals surface area contributed by atoms with Crippen LogP contribution in [-0.2, 0) is 32.5 Å². The number of anilines is 1. The lowest BCUT2D eigenvalue weighted by atomic mass is 10.2. The first kappa shape index (κ1) is 14.9. The molecular weight excluding hydrogens is 314 g/mol. The fourth-order valence-corrected chi connectivity index (χ4v) is 4.37. The van der Waals surface area contributed by atoms with E-state index in [0.29, 0.717) is 31.2 Å². The summed E-state index contributed by atoms with van der Waals surface area (Å²) in [7, 11) is -3.19. The molecule has 0 bridgehead atoms. The van der Waals surface area contributed by atoms with Crippen molar-refractivity contribution in [3.05, 3.63) is 10.6 Å². The van der Waals surface area contributed by atoms with E-state index in [4.69, 9.17) is 4.74 Å². The fourth-order valence-electron chi connectivity index (χ4n) is 2.48. The Morgan fingerprint density at radius 3 is 3.00 bits per heavy atom. The number of amides is 1. The van der Waals surface area contributed by atoms with Gasteiger partial charge in [-0.05, 0) is 12.8 Å². The summed E-state index contributed by atoms with van der Waals surface area (Å²) in [6.45, 7) is 1.39. The SMILES string of the molecule is CS(=O)(=O)N1CCc2nc(NC(=O)[C@H]3CCCO3)sc2C1. The molecule has 0 radical (unpaired) electrons. The van der Waals surface area contributed by atoms with E-state index in [0.717, 1.165) is 23.4 Å². The largest absolute Gasteiger partial charge is 0.368 e. The van der Waals surface area contributed by atoms with Crippen LogP contribution in [0.3, 0.4) is 0 Å². The molecular formula is C12H17N3O4S2. The van der Waals surface area contributed by atoms with Gasteiger partial charge in [-0.25, -0.2) is 13.4 Å². The predicted molar refractivity (Wildman–Crippen MR) is 78.7 cm³/mol. The zero-order chi connectivity index (χ0) is 15.0. The van der Waals surface area contributed by atoms with E-state index >= 15 is 0 Å². The summed E-state index contributed by atoms with van der Waals surface area (Å²) in [6, 6.07) is 0. The van der Waals surface area contributed by atoms with E-state index in [9.17, 15) is 13.2 Å². The van der Waals surface area contributed by atoms with E-state index in [1.807, 2.05) is 0 Å². The van der Waals surface area contributed by atoms with Gasteiger partial charge in [0, 0.05) is 31.0 Å². The van der Waals surface area contributed by atoms with Crippen LogP contribution in [0.15, 0.2) is 0 Å². The number of hydrogen-bond donors (Lipinski definition) is 1. The summed E-state index contributed by atoms with van der Waals surface area (Å²) < 4.78 is 29.9. The van der Waals surface area contributed by atoms with Crippen LogP contribution < -0.4 is 5.32 Å². The Bertz CT molecular complexity index is 649. The quantitative estimate of drug-likeness (QED) is 0.875. The van der Waals surface area contributed by atoms with Crippen LogP contribution in [0, 0.1) is 0 Å². The molecule has 0 aliphatic carbocycles. The molecule has 0 aromatic carbocycles. The second-order valence-electron chi connectivity index (χ2n) is 5.23. The van der Waals surface area contributed by atoms with Gasteiger partial charge in [-0.1, -0.05) is 0 Å². The van der Waals surface area contributed by atoms with E-state index < -0.39 is 16.1 Å². The van der Waals surface area contributed by atoms with Crippen molar-refractivity contribution in [1.29, 1.82) is 0 Å². The molecule has 7 nitrogen and oxygen atoms in total. The number of ether oxygens (including phenoxy) is 1. The van der Waals surface area contributed by atoms with Gasteiger partial charge in [0.25, 0.3) is 5.91 Å². The normalized spacial score (nSPS) is 23.0. The summed E-state index contributed by atoms with van der Waals surface area (Å²) in [5, 5.41) is 3.29. The van der Waals surface area contributed by atoms with Gasteiger partial charge in [0.2, 0.25) is 10.0 Å². The Labute approximate surface area is 127 Å². The van der Waals surface area contributed by atoms with Crippen molar-refractivity contribution in [2.24, 2.45) is 0 Å². The smallest absolute Gasteiger partial charge is 0.255 e. The Morgan fingerprint density at radius 1 is 1.52 bits per heavy atom. The minimum absolute atomic E-state index is 0.168. The minimum atomic E-state index is -3.19. The number of rotatable bonds is 3. The summed E-state index contributed by atoms with van der Waals surface area (Å²) in [5.41, 5.74) is 0.877. The van der Waals surface area contributed by atoms with Crippen molar-refractivity contribution in [3.63, 3.8) is 0 Å². The molecule has 0 spiro atoms. The van der Waals surface area contributed by atoms with E-state index in [1.54, 1.807) is 0 Å². The van der Waals surface area contributed by atoms with Crippen molar-refractivity contribution in [1.82, 2.24) is 9.29 Å². The predicted octanol–water partition coefficient (Wildman–Crippen LogP) is 0.578. The van der Waals surface area contributed by atoms with Crippen molar-refractivity contribution >= 4 is 32.4 Å². The first-order valence-electron chi connectivity index (χ1n) is 6.79. The van der Waals surface area contributed by atoms with Crippen molar-refractivity contribution in [2.75, 3.05) is 24.7 Å². The first-order valence-corrected chi connectivity index (χ1v) is 9.46. The van der Waals surface area contributed by atoms with Crippen LogP contribution in [-0.4, -0.2) is 49.1 Å². The maximum absolute atomic E-state index is 12.0. The summed E-state index contributed by atoms with van der Waals surface area (Å²) >= 11 is 1.34. The van der Waals surface area contributed by atoms with Crippen LogP contribution in [0.1, 0.15) is 23.4 Å². The third-order valence-electron chi connectivity index (χ3n) is 3.62. The highest BCUT2D eigenvalue weighted by atomic mass is 32.2. The molecule has 3 heterocycles. The van der Waals surface area contributed by atoms with Crippen LogP contribution in [0.2, 0.25) is 0 Å². The molecule has 3 rings (SSSR count). The van der Waals surface area contributed by atoms with Crippen molar-refractivity contribution in [3.8, 4) is 0 Å². The molecule has 2 aliphatic heterocycles. The van der Waals surface area contributed by atoms with Gasteiger partial charge in [-0.3, -0.25) is 10.1 Å². The number of aromatic nitrogens is 1. The van der Waals surface area contributed by atoms with Gasteiger partial charge in [-0.2, -0.15) is 4.31 Å². The Balaban J connectivity index is 1.70. The highest BCUT2D eigenvalue weighted by Gasteiger charge is 2.28. The molecule has 1 aromatic heterocycles. The number of hydrogen-bond acceptors (Lipinski definition) is 6. The van der Waals surface area contributed by atoms with Crippen LogP contribution in [0.5, 0.6) is 0 Å². The summed E-state index contributed by atoms with van der Waals surface area (Å²) in [6.07, 6.45) is 3.03. The summed E-state index contributed by atoms with van der Waals surface area (Å²) in [5.74, 6) is -0.168. The number of carbonyl (C=O) groups excluding carboxylic acids is 1. The maximum Gasteiger partial charge on any atom is 0.255 e. The van der Waals surface area contributed by atoms with Gasteiger partial charge < -0.3 is 4.74 Å². The lowest BCUT2D eigenvalue weighted by Crippen LogP contribution is -2.34. The first-order chi connectivity index (χ1) is 9.93. The topological polar surface area (TPSA) is 88.6 Å². The molecule has 1 atom stereocenters. The molecule has 2 aliphatic rings. The molecule has 9 heteroatoms. The van der Waals surface area contributed by atoms with E-state index in [1.165, 1.54) is 21.9 Å². The highest BCUT2D eigenvalue weighted by molar-refractivity contribution is 7.88. The second-order valence-corrected chi connectivity index (χ2v) is 8.29. The highest BCUT2D eigenvalue weighted by Crippen LogP contribution is 2.29. The molecule has 21 heavy (non-hydrogen) atoms. The lowest BCUT2D eigenvalue weighted by Gasteiger charge is -2.23.